The van der Waals surface area contributed by atoms with Gasteiger partial charge in [0.1, 0.15) is 5.82 Å². The van der Waals surface area contributed by atoms with Crippen LogP contribution in [0, 0.1) is 17.1 Å². The molecule has 0 unspecified atom stereocenters. The van der Waals surface area contributed by atoms with Crippen molar-refractivity contribution in [2.24, 2.45) is 0 Å². The molecule has 0 aliphatic carbocycles. The number of aromatic nitrogens is 2. The summed E-state index contributed by atoms with van der Waals surface area (Å²) in [7, 11) is 0. The molecule has 0 fully saturated rings. The largest absolute Gasteiger partial charge is 0.256 e. The van der Waals surface area contributed by atoms with Crippen molar-refractivity contribution in [3.05, 3.63) is 60.2 Å². The van der Waals surface area contributed by atoms with Gasteiger partial charge >= 0.3 is 0 Å². The van der Waals surface area contributed by atoms with Gasteiger partial charge in [0.2, 0.25) is 0 Å². The third kappa shape index (κ3) is 2.14. The van der Waals surface area contributed by atoms with E-state index >= 15 is 0 Å². The lowest BCUT2D eigenvalue weighted by Gasteiger charge is -2.03. The summed E-state index contributed by atoms with van der Waals surface area (Å²) in [6.45, 7) is 0. The summed E-state index contributed by atoms with van der Waals surface area (Å²) in [5.74, 6) is -0.447. The van der Waals surface area contributed by atoms with Crippen LogP contribution in [0.25, 0.3) is 22.2 Å². The first-order chi connectivity index (χ1) is 9.26. The van der Waals surface area contributed by atoms with Gasteiger partial charge in [0, 0.05) is 23.3 Å². The summed E-state index contributed by atoms with van der Waals surface area (Å²) >= 11 is 0. The molecular formula is C15H8FN3. The summed E-state index contributed by atoms with van der Waals surface area (Å²) in [6.07, 6.45) is 3.38. The highest BCUT2D eigenvalue weighted by Gasteiger charge is 2.05. The van der Waals surface area contributed by atoms with Crippen molar-refractivity contribution >= 4 is 10.9 Å². The molecule has 3 nitrogen and oxygen atoms in total. The summed E-state index contributed by atoms with van der Waals surface area (Å²) in [5, 5.41) is 9.78. The molecule has 3 aromatic rings. The SMILES string of the molecule is N#Cc1cc(F)cc(-c2cc3ncccc3cn2)c1. The van der Waals surface area contributed by atoms with Gasteiger partial charge in [0.25, 0.3) is 0 Å². The third-order valence-corrected chi connectivity index (χ3v) is 2.81. The molecule has 3 rings (SSSR count). The van der Waals surface area contributed by atoms with Crippen LogP contribution in [0.1, 0.15) is 5.56 Å². The van der Waals surface area contributed by atoms with Gasteiger partial charge in [0.15, 0.2) is 0 Å². The maximum atomic E-state index is 13.4. The van der Waals surface area contributed by atoms with Crippen LogP contribution in [-0.4, -0.2) is 9.97 Å². The lowest BCUT2D eigenvalue weighted by molar-refractivity contribution is 0.628. The van der Waals surface area contributed by atoms with Crippen LogP contribution in [0.5, 0.6) is 0 Å². The molecule has 19 heavy (non-hydrogen) atoms. The van der Waals surface area contributed by atoms with E-state index in [1.165, 1.54) is 12.1 Å². The van der Waals surface area contributed by atoms with Crippen molar-refractivity contribution in [3.8, 4) is 17.3 Å². The quantitative estimate of drug-likeness (QED) is 0.664. The Hall–Kier alpha value is -2.80. The zero-order valence-electron chi connectivity index (χ0n) is 9.84. The van der Waals surface area contributed by atoms with Crippen molar-refractivity contribution in [1.29, 1.82) is 5.26 Å². The molecule has 0 aliphatic heterocycles. The van der Waals surface area contributed by atoms with Gasteiger partial charge < -0.3 is 0 Å². The van der Waals surface area contributed by atoms with Crippen LogP contribution in [-0.2, 0) is 0 Å². The molecule has 0 radical (unpaired) electrons. The summed E-state index contributed by atoms with van der Waals surface area (Å²) in [5.41, 5.74) is 2.24. The van der Waals surface area contributed by atoms with Gasteiger partial charge in [-0.05, 0) is 36.4 Å². The maximum absolute atomic E-state index is 13.4. The molecule has 90 valence electrons. The van der Waals surface area contributed by atoms with Gasteiger partial charge in [0.05, 0.1) is 22.8 Å². The number of nitriles is 1. The number of fused-ring (bicyclic) bond motifs is 1. The Morgan fingerprint density at radius 1 is 1.11 bits per heavy atom. The Morgan fingerprint density at radius 2 is 2.00 bits per heavy atom. The molecule has 0 atom stereocenters. The number of benzene rings is 1. The van der Waals surface area contributed by atoms with E-state index in [2.05, 4.69) is 9.97 Å². The minimum absolute atomic E-state index is 0.276. The second kappa shape index (κ2) is 4.46. The molecule has 0 aliphatic rings. The van der Waals surface area contributed by atoms with Gasteiger partial charge in [-0.1, -0.05) is 0 Å². The smallest absolute Gasteiger partial charge is 0.125 e. The van der Waals surface area contributed by atoms with E-state index in [4.69, 9.17) is 5.26 Å². The van der Waals surface area contributed by atoms with E-state index in [1.54, 1.807) is 24.5 Å². The Morgan fingerprint density at radius 3 is 2.84 bits per heavy atom. The Kier molecular flexibility index (Phi) is 2.66. The Balaban J connectivity index is 2.19. The van der Waals surface area contributed by atoms with E-state index in [0.29, 0.717) is 11.3 Å². The number of hydrogen-bond acceptors (Lipinski definition) is 3. The molecule has 0 N–H and O–H groups in total. The summed E-state index contributed by atoms with van der Waals surface area (Å²) in [4.78, 5) is 8.51. The number of rotatable bonds is 1. The summed E-state index contributed by atoms with van der Waals surface area (Å²) in [6, 6.07) is 11.6. The van der Waals surface area contributed by atoms with Crippen LogP contribution in [0.4, 0.5) is 4.39 Å². The molecule has 4 heteroatoms. The first-order valence-electron chi connectivity index (χ1n) is 5.68. The van der Waals surface area contributed by atoms with E-state index < -0.39 is 5.82 Å². The van der Waals surface area contributed by atoms with Crippen molar-refractivity contribution in [3.63, 3.8) is 0 Å². The highest BCUT2D eigenvalue weighted by molar-refractivity contribution is 5.81. The highest BCUT2D eigenvalue weighted by atomic mass is 19.1. The van der Waals surface area contributed by atoms with Crippen LogP contribution in [0.15, 0.2) is 48.8 Å². The van der Waals surface area contributed by atoms with Gasteiger partial charge in [-0.2, -0.15) is 5.26 Å². The minimum Gasteiger partial charge on any atom is -0.256 e. The molecule has 2 heterocycles. The lowest BCUT2D eigenvalue weighted by atomic mass is 10.1. The molecular weight excluding hydrogens is 241 g/mol. The Labute approximate surface area is 109 Å². The molecule has 0 saturated carbocycles. The van der Waals surface area contributed by atoms with Crippen LogP contribution < -0.4 is 0 Å². The fourth-order valence-electron chi connectivity index (χ4n) is 1.93. The zero-order valence-corrected chi connectivity index (χ0v) is 9.84. The molecule has 1 aromatic carbocycles. The van der Waals surface area contributed by atoms with Gasteiger partial charge in [-0.25, -0.2) is 4.39 Å². The normalized spacial score (nSPS) is 10.3. The van der Waals surface area contributed by atoms with Crippen LogP contribution >= 0.6 is 0 Å². The van der Waals surface area contributed by atoms with E-state index in [1.807, 2.05) is 18.2 Å². The van der Waals surface area contributed by atoms with Crippen LogP contribution in [0.3, 0.4) is 0 Å². The second-order valence-electron chi connectivity index (χ2n) is 4.11. The van der Waals surface area contributed by atoms with Crippen molar-refractivity contribution in [2.45, 2.75) is 0 Å². The molecule has 0 spiro atoms. The summed E-state index contributed by atoms with van der Waals surface area (Å²) < 4.78 is 13.4. The average molecular weight is 249 g/mol. The topological polar surface area (TPSA) is 49.6 Å². The molecule has 0 saturated heterocycles. The fourth-order valence-corrected chi connectivity index (χ4v) is 1.93. The number of nitrogens with zero attached hydrogens (tertiary/aromatic N) is 3. The number of hydrogen-bond donors (Lipinski definition) is 0. The van der Waals surface area contributed by atoms with E-state index in [-0.39, 0.29) is 5.56 Å². The van der Waals surface area contributed by atoms with Gasteiger partial charge in [-0.15, -0.1) is 0 Å². The Bertz CT molecular complexity index is 806. The fraction of sp³-hybridized carbons (Fsp3) is 0. The predicted octanol–water partition coefficient (Wildman–Crippen LogP) is 3.31. The standard InChI is InChI=1S/C15H8FN3/c16-13-5-10(8-17)4-12(6-13)15-7-14-11(9-19-15)2-1-3-18-14/h1-7,9H. The second-order valence-corrected chi connectivity index (χ2v) is 4.11. The van der Waals surface area contributed by atoms with E-state index in [0.717, 1.165) is 10.9 Å². The molecule has 2 aromatic heterocycles. The molecule has 0 bridgehead atoms. The van der Waals surface area contributed by atoms with Gasteiger partial charge in [-0.3, -0.25) is 9.97 Å². The van der Waals surface area contributed by atoms with Crippen molar-refractivity contribution < 1.29 is 4.39 Å². The molecule has 0 amide bonds. The zero-order chi connectivity index (χ0) is 13.2. The first-order valence-corrected chi connectivity index (χ1v) is 5.68. The average Bonchev–Trinajstić information content (AvgIpc) is 2.46. The third-order valence-electron chi connectivity index (χ3n) is 2.81. The number of pyridine rings is 2. The van der Waals surface area contributed by atoms with Crippen molar-refractivity contribution in [1.82, 2.24) is 9.97 Å². The van der Waals surface area contributed by atoms with Crippen LogP contribution in [0.2, 0.25) is 0 Å². The van der Waals surface area contributed by atoms with Crippen molar-refractivity contribution in [2.75, 3.05) is 0 Å². The lowest BCUT2D eigenvalue weighted by Crippen LogP contribution is -1.88. The number of halogens is 1. The maximum Gasteiger partial charge on any atom is 0.125 e. The first kappa shape index (κ1) is 11.3. The predicted molar refractivity (Wildman–Crippen MR) is 69.6 cm³/mol. The highest BCUT2D eigenvalue weighted by Crippen LogP contribution is 2.22. The monoisotopic (exact) mass is 249 g/mol. The minimum atomic E-state index is -0.447. The van der Waals surface area contributed by atoms with E-state index in [9.17, 15) is 4.39 Å².